The zero-order valence-corrected chi connectivity index (χ0v) is 15.9. The number of imide groups is 2. The molecule has 1 fully saturated rings. The predicted molar refractivity (Wildman–Crippen MR) is 104 cm³/mol. The van der Waals surface area contributed by atoms with E-state index in [0.29, 0.717) is 12.0 Å². The summed E-state index contributed by atoms with van der Waals surface area (Å²) >= 11 is 0. The van der Waals surface area contributed by atoms with Gasteiger partial charge in [0.05, 0.1) is 11.1 Å². The van der Waals surface area contributed by atoms with Crippen LogP contribution in [-0.2, 0) is 16.2 Å². The molecule has 0 aliphatic carbocycles. The summed E-state index contributed by atoms with van der Waals surface area (Å²) in [6.45, 7) is 0.134. The maximum atomic E-state index is 13.1. The number of hydrogen-bond donors (Lipinski definition) is 1. The minimum absolute atomic E-state index is 0.107. The van der Waals surface area contributed by atoms with Crippen LogP contribution in [0.4, 0.5) is 0 Å². The summed E-state index contributed by atoms with van der Waals surface area (Å²) in [5.41, 5.74) is 1.59. The van der Waals surface area contributed by atoms with Gasteiger partial charge in [-0.3, -0.25) is 34.2 Å². The third-order valence-electron chi connectivity index (χ3n) is 5.18. The van der Waals surface area contributed by atoms with Crippen LogP contribution in [0.25, 0.3) is 0 Å². The summed E-state index contributed by atoms with van der Waals surface area (Å²) in [4.78, 5) is 61.6. The monoisotopic (exact) mass is 406 g/mol. The standard InChI is InChI=1S/C22H18N2O6/c25-11-13-7-9-14(10-8-13)12-30-17-5-1-3-15-19(17)22(29)24(21(15)28)16-4-2-6-18(26)23-20(16)27/h1,3,5,7-11,16H,2,4,6,12H2,(H,23,26,27). The van der Waals surface area contributed by atoms with Crippen molar-refractivity contribution in [2.75, 3.05) is 0 Å². The van der Waals surface area contributed by atoms with Gasteiger partial charge in [0.15, 0.2) is 0 Å². The molecule has 1 atom stereocenters. The molecule has 2 aliphatic rings. The first-order valence-corrected chi connectivity index (χ1v) is 9.51. The summed E-state index contributed by atoms with van der Waals surface area (Å²) in [6, 6.07) is 10.5. The molecule has 30 heavy (non-hydrogen) atoms. The van der Waals surface area contributed by atoms with E-state index in [4.69, 9.17) is 4.74 Å². The van der Waals surface area contributed by atoms with Crippen molar-refractivity contribution in [3.8, 4) is 5.75 Å². The number of rotatable bonds is 5. The molecule has 0 aromatic heterocycles. The van der Waals surface area contributed by atoms with Crippen LogP contribution in [0.3, 0.4) is 0 Å². The van der Waals surface area contributed by atoms with Gasteiger partial charge in [-0.1, -0.05) is 30.3 Å². The summed E-state index contributed by atoms with van der Waals surface area (Å²) in [5.74, 6) is -2.02. The zero-order chi connectivity index (χ0) is 21.3. The first kappa shape index (κ1) is 19.5. The Bertz CT molecular complexity index is 1060. The minimum atomic E-state index is -1.03. The molecule has 152 valence electrons. The number of hydrogen-bond acceptors (Lipinski definition) is 6. The molecule has 4 rings (SSSR count). The number of benzene rings is 2. The van der Waals surface area contributed by atoms with Crippen LogP contribution in [0.5, 0.6) is 5.75 Å². The second-order valence-corrected chi connectivity index (χ2v) is 7.13. The van der Waals surface area contributed by atoms with Gasteiger partial charge >= 0.3 is 0 Å². The maximum Gasteiger partial charge on any atom is 0.266 e. The zero-order valence-electron chi connectivity index (χ0n) is 15.9. The molecule has 1 unspecified atom stereocenters. The third kappa shape index (κ3) is 3.47. The van der Waals surface area contributed by atoms with Crippen molar-refractivity contribution < 1.29 is 28.7 Å². The van der Waals surface area contributed by atoms with Gasteiger partial charge in [0, 0.05) is 12.0 Å². The Labute approximate surface area is 171 Å². The van der Waals surface area contributed by atoms with Crippen LogP contribution >= 0.6 is 0 Å². The fraction of sp³-hybridized carbons (Fsp3) is 0.227. The minimum Gasteiger partial charge on any atom is -0.488 e. The van der Waals surface area contributed by atoms with Crippen LogP contribution in [-0.4, -0.2) is 40.9 Å². The second-order valence-electron chi connectivity index (χ2n) is 7.13. The van der Waals surface area contributed by atoms with Crippen molar-refractivity contribution in [3.05, 3.63) is 64.7 Å². The van der Waals surface area contributed by atoms with Crippen molar-refractivity contribution in [1.29, 1.82) is 0 Å². The first-order chi connectivity index (χ1) is 14.5. The lowest BCUT2D eigenvalue weighted by atomic mass is 10.1. The van der Waals surface area contributed by atoms with Crippen molar-refractivity contribution in [1.82, 2.24) is 10.2 Å². The predicted octanol–water partition coefficient (Wildman–Crippen LogP) is 1.87. The smallest absolute Gasteiger partial charge is 0.266 e. The molecule has 0 saturated carbocycles. The van der Waals surface area contributed by atoms with Crippen LogP contribution in [0, 0.1) is 0 Å². The van der Waals surface area contributed by atoms with Crippen LogP contribution in [0.15, 0.2) is 42.5 Å². The molecular weight excluding hydrogens is 388 g/mol. The Morgan fingerprint density at radius 1 is 1.03 bits per heavy atom. The Balaban J connectivity index is 1.58. The molecular formula is C22H18N2O6. The van der Waals surface area contributed by atoms with Crippen molar-refractivity contribution in [2.45, 2.75) is 31.9 Å². The van der Waals surface area contributed by atoms with Crippen molar-refractivity contribution in [3.63, 3.8) is 0 Å². The molecule has 8 heteroatoms. The average Bonchev–Trinajstić information content (AvgIpc) is 2.88. The normalized spacial score (nSPS) is 18.7. The highest BCUT2D eigenvalue weighted by Gasteiger charge is 2.45. The van der Waals surface area contributed by atoms with E-state index in [1.807, 2.05) is 0 Å². The van der Waals surface area contributed by atoms with Crippen LogP contribution < -0.4 is 10.1 Å². The molecule has 2 aromatic rings. The summed E-state index contributed by atoms with van der Waals surface area (Å²) < 4.78 is 5.79. The molecule has 0 spiro atoms. The topological polar surface area (TPSA) is 110 Å². The summed E-state index contributed by atoms with van der Waals surface area (Å²) in [6.07, 6.45) is 1.53. The maximum absolute atomic E-state index is 13.1. The van der Waals surface area contributed by atoms with E-state index in [1.165, 1.54) is 6.07 Å². The van der Waals surface area contributed by atoms with E-state index in [1.54, 1.807) is 36.4 Å². The van der Waals surface area contributed by atoms with E-state index < -0.39 is 29.7 Å². The Hall–Kier alpha value is -3.81. The van der Waals surface area contributed by atoms with E-state index in [9.17, 15) is 24.0 Å². The quantitative estimate of drug-likeness (QED) is 0.600. The number of ether oxygens (including phenoxy) is 1. The molecule has 1 saturated heterocycles. The van der Waals surface area contributed by atoms with Gasteiger partial charge < -0.3 is 4.74 Å². The lowest BCUT2D eigenvalue weighted by molar-refractivity contribution is -0.131. The number of aldehydes is 1. The SMILES string of the molecule is O=Cc1ccc(COc2cccc3c2C(=O)N(C2CCCC(=O)NC2=O)C3=O)cc1. The molecule has 0 radical (unpaired) electrons. The molecule has 2 aromatic carbocycles. The van der Waals surface area contributed by atoms with Gasteiger partial charge in [-0.15, -0.1) is 0 Å². The van der Waals surface area contributed by atoms with E-state index >= 15 is 0 Å². The highest BCUT2D eigenvalue weighted by Crippen LogP contribution is 2.34. The van der Waals surface area contributed by atoms with Gasteiger partial charge in [0.1, 0.15) is 24.7 Å². The number of fused-ring (bicyclic) bond motifs is 1. The van der Waals surface area contributed by atoms with E-state index in [-0.39, 0.29) is 36.3 Å². The number of carbonyl (C=O) groups excluding carboxylic acids is 5. The van der Waals surface area contributed by atoms with Gasteiger partial charge in [0.2, 0.25) is 11.8 Å². The van der Waals surface area contributed by atoms with Gasteiger partial charge in [0.25, 0.3) is 11.8 Å². The molecule has 8 nitrogen and oxygen atoms in total. The number of carbonyl (C=O) groups is 5. The summed E-state index contributed by atoms with van der Waals surface area (Å²) in [5, 5.41) is 2.23. The highest BCUT2D eigenvalue weighted by atomic mass is 16.5. The molecule has 1 N–H and O–H groups in total. The Kier molecular flexibility index (Phi) is 5.14. The fourth-order valence-electron chi connectivity index (χ4n) is 3.65. The number of nitrogens with one attached hydrogen (secondary N) is 1. The van der Waals surface area contributed by atoms with Gasteiger partial charge in [-0.05, 0) is 30.5 Å². The van der Waals surface area contributed by atoms with Crippen molar-refractivity contribution >= 4 is 29.9 Å². The Morgan fingerprint density at radius 2 is 1.80 bits per heavy atom. The third-order valence-corrected chi connectivity index (χ3v) is 5.18. The molecule has 4 amide bonds. The lowest BCUT2D eigenvalue weighted by Gasteiger charge is -2.23. The molecule has 0 bridgehead atoms. The summed E-state index contributed by atoms with van der Waals surface area (Å²) in [7, 11) is 0. The Morgan fingerprint density at radius 3 is 2.53 bits per heavy atom. The second kappa shape index (κ2) is 7.90. The lowest BCUT2D eigenvalue weighted by Crippen LogP contribution is -2.49. The first-order valence-electron chi connectivity index (χ1n) is 9.51. The number of amides is 4. The van der Waals surface area contributed by atoms with Gasteiger partial charge in [-0.2, -0.15) is 0 Å². The van der Waals surface area contributed by atoms with Crippen LogP contribution in [0.2, 0.25) is 0 Å². The molecule has 2 heterocycles. The average molecular weight is 406 g/mol. The van der Waals surface area contributed by atoms with Crippen LogP contribution in [0.1, 0.15) is 55.9 Å². The molecule has 2 aliphatic heterocycles. The number of nitrogens with zero attached hydrogens (tertiary/aromatic N) is 1. The van der Waals surface area contributed by atoms with E-state index in [0.717, 1.165) is 16.7 Å². The largest absolute Gasteiger partial charge is 0.488 e. The fourth-order valence-corrected chi connectivity index (χ4v) is 3.65. The highest BCUT2D eigenvalue weighted by molar-refractivity contribution is 6.24. The van der Waals surface area contributed by atoms with E-state index in [2.05, 4.69) is 5.32 Å². The van der Waals surface area contributed by atoms with Crippen molar-refractivity contribution in [2.24, 2.45) is 0 Å². The van der Waals surface area contributed by atoms with Gasteiger partial charge in [-0.25, -0.2) is 0 Å².